The molecule has 3 atom stereocenters. The van der Waals surface area contributed by atoms with Gasteiger partial charge in [-0.25, -0.2) is 4.79 Å². The van der Waals surface area contributed by atoms with Crippen molar-refractivity contribution in [3.05, 3.63) is 0 Å². The average Bonchev–Trinajstić information content (AvgIpc) is 2.75. The first kappa shape index (κ1) is 13.2. The van der Waals surface area contributed by atoms with Gasteiger partial charge in [0.2, 0.25) is 0 Å². The lowest BCUT2D eigenvalue weighted by atomic mass is 9.98. The third-order valence-corrected chi connectivity index (χ3v) is 4.23. The fourth-order valence-electron chi connectivity index (χ4n) is 2.97. The van der Waals surface area contributed by atoms with Crippen LogP contribution in [0.25, 0.3) is 0 Å². The Labute approximate surface area is 108 Å². The smallest absolute Gasteiger partial charge is 0.317 e. The van der Waals surface area contributed by atoms with Crippen molar-refractivity contribution in [3.8, 4) is 0 Å². The van der Waals surface area contributed by atoms with Gasteiger partial charge in [0, 0.05) is 19.1 Å². The molecule has 3 unspecified atom stereocenters. The number of aliphatic carboxylic acids is 1. The molecule has 18 heavy (non-hydrogen) atoms. The van der Waals surface area contributed by atoms with Gasteiger partial charge in [-0.15, -0.1) is 0 Å². The number of carboxylic acid groups (broad SMARTS) is 1. The number of rotatable bonds is 2. The molecule has 1 aliphatic carbocycles. The average molecular weight is 254 g/mol. The molecule has 1 aliphatic heterocycles. The number of likely N-dealkylation sites (tertiary alicyclic amines) is 1. The van der Waals surface area contributed by atoms with Gasteiger partial charge in [-0.1, -0.05) is 13.3 Å². The number of nitrogens with zero attached hydrogens (tertiary/aromatic N) is 1. The minimum Gasteiger partial charge on any atom is -0.481 e. The molecule has 0 radical (unpaired) electrons. The number of piperidine rings is 1. The number of nitrogens with one attached hydrogen (secondary N) is 1. The molecular formula is C13H22N2O3. The topological polar surface area (TPSA) is 69.6 Å². The largest absolute Gasteiger partial charge is 0.481 e. The zero-order chi connectivity index (χ0) is 13.1. The minimum absolute atomic E-state index is 0.0836. The molecule has 0 bridgehead atoms. The van der Waals surface area contributed by atoms with Crippen LogP contribution >= 0.6 is 0 Å². The van der Waals surface area contributed by atoms with Crippen LogP contribution in [0, 0.1) is 11.8 Å². The Morgan fingerprint density at radius 1 is 1.22 bits per heavy atom. The van der Waals surface area contributed by atoms with Crippen molar-refractivity contribution in [1.82, 2.24) is 10.2 Å². The van der Waals surface area contributed by atoms with Crippen molar-refractivity contribution in [3.63, 3.8) is 0 Å². The molecule has 0 aromatic rings. The summed E-state index contributed by atoms with van der Waals surface area (Å²) in [5.74, 6) is -0.652. The summed E-state index contributed by atoms with van der Waals surface area (Å²) in [7, 11) is 0. The van der Waals surface area contributed by atoms with Gasteiger partial charge in [-0.3, -0.25) is 4.79 Å². The van der Waals surface area contributed by atoms with Crippen molar-refractivity contribution in [2.24, 2.45) is 11.8 Å². The molecule has 102 valence electrons. The summed E-state index contributed by atoms with van der Waals surface area (Å²) in [5.41, 5.74) is 0. The lowest BCUT2D eigenvalue weighted by molar-refractivity contribution is -0.143. The lowest BCUT2D eigenvalue weighted by Crippen LogP contribution is -2.50. The van der Waals surface area contributed by atoms with Crippen LogP contribution < -0.4 is 5.32 Å². The Morgan fingerprint density at radius 3 is 2.61 bits per heavy atom. The maximum absolute atomic E-state index is 12.1. The Bertz CT molecular complexity index is 332. The minimum atomic E-state index is -0.790. The highest BCUT2D eigenvalue weighted by molar-refractivity contribution is 5.76. The van der Waals surface area contributed by atoms with E-state index in [2.05, 4.69) is 12.2 Å². The molecule has 0 aromatic heterocycles. The number of carboxylic acids is 1. The van der Waals surface area contributed by atoms with E-state index in [1.54, 1.807) is 4.90 Å². The van der Waals surface area contributed by atoms with Crippen molar-refractivity contribution < 1.29 is 14.7 Å². The van der Waals surface area contributed by atoms with Crippen LogP contribution in [0.5, 0.6) is 0 Å². The van der Waals surface area contributed by atoms with E-state index in [4.69, 9.17) is 5.11 Å². The monoisotopic (exact) mass is 254 g/mol. The second kappa shape index (κ2) is 5.59. The highest BCUT2D eigenvalue weighted by Crippen LogP contribution is 2.25. The van der Waals surface area contributed by atoms with Gasteiger partial charge in [0.1, 0.15) is 0 Å². The second-order valence-corrected chi connectivity index (χ2v) is 5.59. The third-order valence-electron chi connectivity index (χ3n) is 4.23. The number of carbonyl (C=O) groups excluding carboxylic acids is 1. The van der Waals surface area contributed by atoms with Gasteiger partial charge >= 0.3 is 12.0 Å². The molecule has 5 nitrogen and oxygen atoms in total. The maximum Gasteiger partial charge on any atom is 0.317 e. The molecule has 2 N–H and O–H groups in total. The molecule has 0 aromatic carbocycles. The fraction of sp³-hybridized carbons (Fsp3) is 0.846. The Hall–Kier alpha value is -1.26. The van der Waals surface area contributed by atoms with E-state index in [0.717, 1.165) is 12.8 Å². The summed E-state index contributed by atoms with van der Waals surface area (Å²) in [5, 5.41) is 12.1. The Kier molecular flexibility index (Phi) is 4.09. The molecular weight excluding hydrogens is 232 g/mol. The second-order valence-electron chi connectivity index (χ2n) is 5.59. The lowest BCUT2D eigenvalue weighted by Gasteiger charge is -2.32. The van der Waals surface area contributed by atoms with Crippen molar-refractivity contribution in [2.75, 3.05) is 13.1 Å². The van der Waals surface area contributed by atoms with E-state index in [9.17, 15) is 9.59 Å². The first-order valence-corrected chi connectivity index (χ1v) is 6.86. The predicted octanol–water partition coefficient (Wildman–Crippen LogP) is 1.68. The summed E-state index contributed by atoms with van der Waals surface area (Å²) in [6.07, 6.45) is 4.85. The normalized spacial score (nSPS) is 32.3. The van der Waals surface area contributed by atoms with Gasteiger partial charge in [0.05, 0.1) is 5.92 Å². The SMILES string of the molecule is CC1CCCC1NC(=O)N1CCCC(C(=O)O)C1. The Morgan fingerprint density at radius 2 is 2.00 bits per heavy atom. The van der Waals surface area contributed by atoms with Crippen molar-refractivity contribution in [2.45, 2.75) is 45.1 Å². The predicted molar refractivity (Wildman–Crippen MR) is 67.3 cm³/mol. The first-order chi connectivity index (χ1) is 8.58. The molecule has 1 saturated heterocycles. The molecule has 2 aliphatic rings. The van der Waals surface area contributed by atoms with E-state index in [-0.39, 0.29) is 12.1 Å². The molecule has 1 saturated carbocycles. The van der Waals surface area contributed by atoms with Gasteiger partial charge in [-0.2, -0.15) is 0 Å². The molecule has 2 amide bonds. The van der Waals surface area contributed by atoms with Gasteiger partial charge in [-0.05, 0) is 31.6 Å². The number of carbonyl (C=O) groups is 2. The van der Waals surface area contributed by atoms with Crippen LogP contribution in [0.1, 0.15) is 39.0 Å². The number of urea groups is 1. The van der Waals surface area contributed by atoms with E-state index in [1.807, 2.05) is 0 Å². The van der Waals surface area contributed by atoms with Crippen LogP contribution in [0.2, 0.25) is 0 Å². The maximum atomic E-state index is 12.1. The summed E-state index contributed by atoms with van der Waals surface area (Å²) in [4.78, 5) is 24.7. The van der Waals surface area contributed by atoms with E-state index >= 15 is 0 Å². The summed E-state index contributed by atoms with van der Waals surface area (Å²) >= 11 is 0. The number of hydrogen-bond acceptors (Lipinski definition) is 2. The van der Waals surface area contributed by atoms with Crippen LogP contribution in [0.3, 0.4) is 0 Å². The molecule has 2 rings (SSSR count). The van der Waals surface area contributed by atoms with Gasteiger partial charge in [0.25, 0.3) is 0 Å². The molecule has 2 fully saturated rings. The van der Waals surface area contributed by atoms with Crippen molar-refractivity contribution >= 4 is 12.0 Å². The van der Waals surface area contributed by atoms with Gasteiger partial charge in [0.15, 0.2) is 0 Å². The van der Waals surface area contributed by atoms with Crippen LogP contribution in [0.4, 0.5) is 4.79 Å². The molecule has 5 heteroatoms. The summed E-state index contributed by atoms with van der Waals surface area (Å²) in [6, 6.07) is 0.183. The van der Waals surface area contributed by atoms with Crippen LogP contribution in [0.15, 0.2) is 0 Å². The first-order valence-electron chi connectivity index (χ1n) is 6.86. The zero-order valence-electron chi connectivity index (χ0n) is 10.9. The van der Waals surface area contributed by atoms with E-state index in [0.29, 0.717) is 25.4 Å². The summed E-state index contributed by atoms with van der Waals surface area (Å²) in [6.45, 7) is 3.19. The summed E-state index contributed by atoms with van der Waals surface area (Å²) < 4.78 is 0. The molecule has 1 heterocycles. The van der Waals surface area contributed by atoms with Crippen LogP contribution in [-0.2, 0) is 4.79 Å². The zero-order valence-corrected chi connectivity index (χ0v) is 10.9. The third kappa shape index (κ3) is 2.94. The standard InChI is InChI=1S/C13H22N2O3/c1-9-4-2-6-11(9)14-13(18)15-7-3-5-10(8-15)12(16)17/h9-11H,2-8H2,1H3,(H,14,18)(H,16,17). The van der Waals surface area contributed by atoms with Crippen LogP contribution in [-0.4, -0.2) is 41.1 Å². The fourth-order valence-corrected chi connectivity index (χ4v) is 2.97. The van der Waals surface area contributed by atoms with E-state index in [1.165, 1.54) is 12.8 Å². The van der Waals surface area contributed by atoms with Crippen molar-refractivity contribution in [1.29, 1.82) is 0 Å². The Balaban J connectivity index is 1.86. The van der Waals surface area contributed by atoms with E-state index < -0.39 is 11.9 Å². The molecule has 0 spiro atoms. The quantitative estimate of drug-likeness (QED) is 0.787. The highest BCUT2D eigenvalue weighted by Gasteiger charge is 2.31. The highest BCUT2D eigenvalue weighted by atomic mass is 16.4. The van der Waals surface area contributed by atoms with Gasteiger partial charge < -0.3 is 15.3 Å². The number of amides is 2. The number of hydrogen-bond donors (Lipinski definition) is 2.